The molecule has 0 amide bonds. The molecule has 3 rings (SSSR count). The Morgan fingerprint density at radius 3 is 2.94 bits per heavy atom. The maximum atomic E-state index is 12.0. The maximum Gasteiger partial charge on any atom is 0.273 e. The Bertz CT molecular complexity index is 776. The van der Waals surface area contributed by atoms with Gasteiger partial charge >= 0.3 is 0 Å². The molecule has 0 aliphatic heterocycles. The van der Waals surface area contributed by atoms with Gasteiger partial charge < -0.3 is 4.42 Å². The third kappa shape index (κ3) is 1.98. The summed E-state index contributed by atoms with van der Waals surface area (Å²) >= 11 is 1.07. The fourth-order valence-corrected chi connectivity index (χ4v) is 3.42. The van der Waals surface area contributed by atoms with E-state index >= 15 is 0 Å². The van der Waals surface area contributed by atoms with E-state index in [1.165, 1.54) is 11.7 Å². The Hall–Kier alpha value is -1.86. The molecule has 1 aromatic carbocycles. The van der Waals surface area contributed by atoms with Crippen LogP contribution in [0, 0.1) is 0 Å². The maximum absolute atomic E-state index is 12.0. The van der Waals surface area contributed by atoms with E-state index in [4.69, 9.17) is 4.42 Å². The van der Waals surface area contributed by atoms with E-state index in [-0.39, 0.29) is 4.21 Å². The van der Waals surface area contributed by atoms with Crippen LogP contribution in [0.3, 0.4) is 0 Å². The number of benzene rings is 1. The standard InChI is InChI=1S/C11H8N2O3S2/c14-18(15,11-6-12-7-17-11)13-9-1-2-10-8(5-9)3-4-16-10/h1-7,13H. The van der Waals surface area contributed by atoms with Crippen LogP contribution in [0.25, 0.3) is 11.0 Å². The summed E-state index contributed by atoms with van der Waals surface area (Å²) in [5, 5.41) is 0.847. The van der Waals surface area contributed by atoms with Gasteiger partial charge in [-0.05, 0) is 24.3 Å². The number of nitrogens with zero attached hydrogens (tertiary/aromatic N) is 1. The number of furan rings is 1. The lowest BCUT2D eigenvalue weighted by atomic mass is 10.2. The van der Waals surface area contributed by atoms with Crippen LogP contribution in [-0.4, -0.2) is 13.4 Å². The second-order valence-corrected chi connectivity index (χ2v) is 6.39. The Morgan fingerprint density at radius 1 is 1.28 bits per heavy atom. The van der Waals surface area contributed by atoms with Gasteiger partial charge in [0, 0.05) is 11.1 Å². The van der Waals surface area contributed by atoms with Crippen LogP contribution in [-0.2, 0) is 10.0 Å². The SMILES string of the molecule is O=S(=O)(Nc1ccc2occc2c1)c1cncs1. The predicted octanol–water partition coefficient (Wildman–Crippen LogP) is 2.69. The molecule has 18 heavy (non-hydrogen) atoms. The first-order valence-corrected chi connectivity index (χ1v) is 7.40. The van der Waals surface area contributed by atoms with Gasteiger partial charge in [0.15, 0.2) is 4.21 Å². The number of fused-ring (bicyclic) bond motifs is 1. The van der Waals surface area contributed by atoms with Crippen molar-refractivity contribution in [2.45, 2.75) is 4.21 Å². The third-order valence-electron chi connectivity index (χ3n) is 2.38. The molecule has 92 valence electrons. The van der Waals surface area contributed by atoms with Crippen LogP contribution in [0.15, 0.2) is 50.9 Å². The summed E-state index contributed by atoms with van der Waals surface area (Å²) in [5.41, 5.74) is 2.70. The fraction of sp³-hybridized carbons (Fsp3) is 0. The Kier molecular flexibility index (Phi) is 2.57. The third-order valence-corrected chi connectivity index (χ3v) is 5.03. The van der Waals surface area contributed by atoms with Crippen molar-refractivity contribution in [3.8, 4) is 0 Å². The summed E-state index contributed by atoms with van der Waals surface area (Å²) < 4.78 is 31.8. The molecule has 0 atom stereocenters. The summed E-state index contributed by atoms with van der Waals surface area (Å²) in [5.74, 6) is 0. The van der Waals surface area contributed by atoms with Gasteiger partial charge in [0.2, 0.25) is 0 Å². The molecule has 0 fully saturated rings. The topological polar surface area (TPSA) is 72.2 Å². The van der Waals surface area contributed by atoms with Crippen LogP contribution in [0.2, 0.25) is 0 Å². The van der Waals surface area contributed by atoms with Crippen LogP contribution in [0.5, 0.6) is 0 Å². The highest BCUT2D eigenvalue weighted by Gasteiger charge is 2.16. The zero-order valence-corrected chi connectivity index (χ0v) is 10.7. The average molecular weight is 280 g/mol. The molecular formula is C11H8N2O3S2. The minimum absolute atomic E-state index is 0.190. The van der Waals surface area contributed by atoms with Crippen molar-refractivity contribution in [2.75, 3.05) is 4.72 Å². The molecule has 5 nitrogen and oxygen atoms in total. The number of aromatic nitrogens is 1. The number of thiazole rings is 1. The zero-order chi connectivity index (χ0) is 12.6. The lowest BCUT2D eigenvalue weighted by Crippen LogP contribution is -2.11. The van der Waals surface area contributed by atoms with Crippen molar-refractivity contribution >= 4 is 38.0 Å². The lowest BCUT2D eigenvalue weighted by molar-refractivity contribution is 0.603. The van der Waals surface area contributed by atoms with E-state index in [1.807, 2.05) is 0 Å². The average Bonchev–Trinajstić information content (AvgIpc) is 2.99. The van der Waals surface area contributed by atoms with Gasteiger partial charge in [-0.15, -0.1) is 11.3 Å². The number of nitrogens with one attached hydrogen (secondary N) is 1. The highest BCUT2D eigenvalue weighted by molar-refractivity contribution is 7.94. The first-order valence-electron chi connectivity index (χ1n) is 5.04. The second-order valence-electron chi connectivity index (χ2n) is 3.60. The summed E-state index contributed by atoms with van der Waals surface area (Å²) in [6, 6.07) is 6.88. The van der Waals surface area contributed by atoms with E-state index in [0.717, 1.165) is 22.3 Å². The van der Waals surface area contributed by atoms with Gasteiger partial charge in [0.25, 0.3) is 10.0 Å². The summed E-state index contributed by atoms with van der Waals surface area (Å²) in [6.07, 6.45) is 2.88. The van der Waals surface area contributed by atoms with Gasteiger partial charge in [-0.25, -0.2) is 8.42 Å². The smallest absolute Gasteiger partial charge is 0.273 e. The van der Waals surface area contributed by atoms with Crippen molar-refractivity contribution in [2.24, 2.45) is 0 Å². The molecule has 0 saturated carbocycles. The number of hydrogen-bond acceptors (Lipinski definition) is 5. The molecule has 0 aliphatic rings. The van der Waals surface area contributed by atoms with E-state index in [2.05, 4.69) is 9.71 Å². The minimum Gasteiger partial charge on any atom is -0.464 e. The molecule has 2 heterocycles. The van der Waals surface area contributed by atoms with Crippen molar-refractivity contribution in [3.63, 3.8) is 0 Å². The van der Waals surface area contributed by atoms with Crippen molar-refractivity contribution < 1.29 is 12.8 Å². The van der Waals surface area contributed by atoms with Crippen molar-refractivity contribution in [1.82, 2.24) is 4.98 Å². The monoisotopic (exact) mass is 280 g/mol. The Labute approximate surface area is 107 Å². The van der Waals surface area contributed by atoms with Gasteiger partial charge in [0.1, 0.15) is 5.58 Å². The number of sulfonamides is 1. The molecule has 0 bridgehead atoms. The van der Waals surface area contributed by atoms with Crippen LogP contribution in [0.1, 0.15) is 0 Å². The molecule has 2 aromatic heterocycles. The molecule has 7 heteroatoms. The van der Waals surface area contributed by atoms with Gasteiger partial charge in [-0.2, -0.15) is 0 Å². The van der Waals surface area contributed by atoms with E-state index < -0.39 is 10.0 Å². The van der Waals surface area contributed by atoms with E-state index in [1.54, 1.807) is 30.5 Å². The number of anilines is 1. The van der Waals surface area contributed by atoms with Crippen molar-refractivity contribution in [3.05, 3.63) is 42.2 Å². The summed E-state index contributed by atoms with van der Waals surface area (Å²) in [4.78, 5) is 3.76. The second kappa shape index (κ2) is 4.11. The zero-order valence-electron chi connectivity index (χ0n) is 9.03. The molecule has 0 spiro atoms. The first-order chi connectivity index (χ1) is 8.65. The van der Waals surface area contributed by atoms with Gasteiger partial charge in [-0.3, -0.25) is 9.71 Å². The molecular weight excluding hydrogens is 272 g/mol. The molecule has 0 saturated heterocycles. The lowest BCUT2D eigenvalue weighted by Gasteiger charge is -2.05. The molecule has 0 radical (unpaired) electrons. The highest BCUT2D eigenvalue weighted by Crippen LogP contribution is 2.23. The van der Waals surface area contributed by atoms with Crippen LogP contribution in [0.4, 0.5) is 5.69 Å². The predicted molar refractivity (Wildman–Crippen MR) is 69.1 cm³/mol. The van der Waals surface area contributed by atoms with Crippen molar-refractivity contribution in [1.29, 1.82) is 0 Å². The van der Waals surface area contributed by atoms with Gasteiger partial charge in [-0.1, -0.05) is 0 Å². The first kappa shape index (κ1) is 11.2. The number of rotatable bonds is 3. The van der Waals surface area contributed by atoms with Crippen LogP contribution < -0.4 is 4.72 Å². The Morgan fingerprint density at radius 2 is 2.17 bits per heavy atom. The van der Waals surface area contributed by atoms with E-state index in [0.29, 0.717) is 5.69 Å². The Balaban J connectivity index is 1.97. The summed E-state index contributed by atoms with van der Waals surface area (Å²) in [6.45, 7) is 0. The quantitative estimate of drug-likeness (QED) is 0.800. The van der Waals surface area contributed by atoms with Gasteiger partial charge in [0.05, 0.1) is 18.0 Å². The largest absolute Gasteiger partial charge is 0.464 e. The molecule has 0 aliphatic carbocycles. The molecule has 1 N–H and O–H groups in total. The molecule has 3 aromatic rings. The normalized spacial score (nSPS) is 11.8. The van der Waals surface area contributed by atoms with E-state index in [9.17, 15) is 8.42 Å². The number of hydrogen-bond donors (Lipinski definition) is 1. The summed E-state index contributed by atoms with van der Waals surface area (Å²) in [7, 11) is -3.55. The minimum atomic E-state index is -3.55. The van der Waals surface area contributed by atoms with Crippen LogP contribution >= 0.6 is 11.3 Å². The highest BCUT2D eigenvalue weighted by atomic mass is 32.2. The fourth-order valence-electron chi connectivity index (χ4n) is 1.57. The molecule has 0 unspecified atom stereocenters.